The Kier molecular flexibility index (Phi) is 6.19. The molecule has 4 heteroatoms. The molecule has 1 aromatic heterocycles. The number of methoxy groups -OCH3 is 1. The van der Waals surface area contributed by atoms with E-state index in [1.165, 1.54) is 12.1 Å². The van der Waals surface area contributed by atoms with E-state index in [9.17, 15) is 0 Å². The van der Waals surface area contributed by atoms with Crippen molar-refractivity contribution in [3.63, 3.8) is 0 Å². The van der Waals surface area contributed by atoms with E-state index in [1.807, 2.05) is 13.2 Å². The normalized spacial score (nSPS) is 14.5. The summed E-state index contributed by atoms with van der Waals surface area (Å²) in [7, 11) is 3.72. The second-order valence-electron chi connectivity index (χ2n) is 4.91. The number of hydrogen-bond donors (Lipinski definition) is 1. The maximum absolute atomic E-state index is 5.45. The zero-order valence-corrected chi connectivity index (χ0v) is 12.4. The Morgan fingerprint density at radius 2 is 2.17 bits per heavy atom. The number of nitrogens with one attached hydrogen (secondary N) is 1. The largest absolute Gasteiger partial charge is 0.493 e. The van der Waals surface area contributed by atoms with Crippen molar-refractivity contribution in [1.82, 2.24) is 15.1 Å². The molecule has 0 aliphatic heterocycles. The van der Waals surface area contributed by atoms with Gasteiger partial charge in [0.2, 0.25) is 0 Å². The number of nitrogens with zero attached hydrogens (tertiary/aromatic N) is 2. The van der Waals surface area contributed by atoms with Gasteiger partial charge in [0.25, 0.3) is 0 Å². The first kappa shape index (κ1) is 15.0. The molecule has 1 N–H and O–H groups in total. The molecule has 0 aromatic carbocycles. The van der Waals surface area contributed by atoms with Gasteiger partial charge in [0.05, 0.1) is 25.0 Å². The lowest BCUT2D eigenvalue weighted by molar-refractivity contribution is 0.365. The fourth-order valence-electron chi connectivity index (χ4n) is 2.21. The van der Waals surface area contributed by atoms with E-state index in [2.05, 4.69) is 35.9 Å². The highest BCUT2D eigenvalue weighted by molar-refractivity contribution is 5.28. The Bertz CT molecular complexity index is 349. The lowest BCUT2D eigenvalue weighted by atomic mass is 9.97. The number of rotatable bonds is 8. The summed E-state index contributed by atoms with van der Waals surface area (Å²) in [5.74, 6) is 1.59. The van der Waals surface area contributed by atoms with Gasteiger partial charge in [0.15, 0.2) is 5.75 Å². The van der Waals surface area contributed by atoms with Gasteiger partial charge < -0.3 is 10.1 Å². The van der Waals surface area contributed by atoms with Crippen LogP contribution in [0.2, 0.25) is 0 Å². The fraction of sp³-hybridized carbons (Fsp3) is 0.786. The van der Waals surface area contributed by atoms with E-state index in [0.717, 1.165) is 25.1 Å². The van der Waals surface area contributed by atoms with Crippen molar-refractivity contribution in [2.45, 2.75) is 52.6 Å². The molecule has 0 saturated heterocycles. The monoisotopic (exact) mass is 253 g/mol. The molecule has 0 fully saturated rings. The molecule has 0 spiro atoms. The summed E-state index contributed by atoms with van der Waals surface area (Å²) >= 11 is 0. The van der Waals surface area contributed by atoms with Crippen LogP contribution in [0, 0.1) is 5.92 Å². The number of aryl methyl sites for hydroxylation is 1. The quantitative estimate of drug-likeness (QED) is 0.774. The predicted octanol–water partition coefficient (Wildman–Crippen LogP) is 3.00. The molecule has 2 atom stereocenters. The van der Waals surface area contributed by atoms with Gasteiger partial charge in [-0.2, -0.15) is 5.10 Å². The number of hydrogen-bond acceptors (Lipinski definition) is 3. The average Bonchev–Trinajstić information content (AvgIpc) is 2.79. The molecule has 2 unspecified atom stereocenters. The topological polar surface area (TPSA) is 39.1 Å². The Balaban J connectivity index is 2.97. The van der Waals surface area contributed by atoms with Crippen LogP contribution in [0.15, 0.2) is 6.20 Å². The molecule has 18 heavy (non-hydrogen) atoms. The van der Waals surface area contributed by atoms with Gasteiger partial charge in [0.1, 0.15) is 0 Å². The third kappa shape index (κ3) is 3.48. The lowest BCUT2D eigenvalue weighted by Crippen LogP contribution is -2.23. The van der Waals surface area contributed by atoms with Crippen LogP contribution in [0.25, 0.3) is 0 Å². The molecule has 1 aromatic rings. The molecule has 0 aliphatic carbocycles. The minimum absolute atomic E-state index is 0.309. The maximum atomic E-state index is 5.45. The van der Waals surface area contributed by atoms with Crippen LogP contribution in [0.3, 0.4) is 0 Å². The Labute approximate surface area is 111 Å². The standard InChI is InChI=1S/C14H27N3O/c1-6-8-17-14(13(18-5)10-16-17)12(15-4)9-11(3)7-2/h10-12,15H,6-9H2,1-5H3. The van der Waals surface area contributed by atoms with Gasteiger partial charge >= 0.3 is 0 Å². The summed E-state index contributed by atoms with van der Waals surface area (Å²) in [6.45, 7) is 7.63. The Morgan fingerprint density at radius 1 is 1.44 bits per heavy atom. The van der Waals surface area contributed by atoms with Crippen LogP contribution < -0.4 is 10.1 Å². The summed E-state index contributed by atoms with van der Waals surface area (Å²) in [4.78, 5) is 0. The number of aromatic nitrogens is 2. The van der Waals surface area contributed by atoms with Crippen molar-refractivity contribution in [3.8, 4) is 5.75 Å². The lowest BCUT2D eigenvalue weighted by Gasteiger charge is -2.22. The highest BCUT2D eigenvalue weighted by atomic mass is 16.5. The van der Waals surface area contributed by atoms with Crippen LogP contribution >= 0.6 is 0 Å². The minimum atomic E-state index is 0.309. The molecule has 1 rings (SSSR count). The zero-order valence-electron chi connectivity index (χ0n) is 12.4. The van der Waals surface area contributed by atoms with Crippen molar-refractivity contribution in [2.24, 2.45) is 5.92 Å². The molecule has 4 nitrogen and oxygen atoms in total. The number of ether oxygens (including phenoxy) is 1. The van der Waals surface area contributed by atoms with Crippen LogP contribution in [0.5, 0.6) is 5.75 Å². The predicted molar refractivity (Wildman–Crippen MR) is 74.9 cm³/mol. The van der Waals surface area contributed by atoms with Gasteiger partial charge in [-0.25, -0.2) is 0 Å². The smallest absolute Gasteiger partial charge is 0.161 e. The van der Waals surface area contributed by atoms with E-state index >= 15 is 0 Å². The molecule has 0 amide bonds. The second kappa shape index (κ2) is 7.41. The Hall–Kier alpha value is -1.03. The first-order chi connectivity index (χ1) is 8.67. The van der Waals surface area contributed by atoms with Crippen molar-refractivity contribution in [3.05, 3.63) is 11.9 Å². The van der Waals surface area contributed by atoms with Crippen molar-refractivity contribution < 1.29 is 4.74 Å². The molecule has 1 heterocycles. The van der Waals surface area contributed by atoms with Gasteiger partial charge in [-0.05, 0) is 25.8 Å². The van der Waals surface area contributed by atoms with Gasteiger partial charge in [-0.15, -0.1) is 0 Å². The third-order valence-electron chi connectivity index (χ3n) is 3.51. The van der Waals surface area contributed by atoms with Crippen LogP contribution in [-0.4, -0.2) is 23.9 Å². The summed E-state index contributed by atoms with van der Waals surface area (Å²) in [6.07, 6.45) is 5.21. The molecule has 104 valence electrons. The fourth-order valence-corrected chi connectivity index (χ4v) is 2.21. The molecular weight excluding hydrogens is 226 g/mol. The first-order valence-electron chi connectivity index (χ1n) is 6.94. The third-order valence-corrected chi connectivity index (χ3v) is 3.51. The van der Waals surface area contributed by atoms with E-state index in [-0.39, 0.29) is 0 Å². The molecule has 0 aliphatic rings. The van der Waals surface area contributed by atoms with Crippen LogP contribution in [0.4, 0.5) is 0 Å². The van der Waals surface area contributed by atoms with Gasteiger partial charge in [-0.1, -0.05) is 27.2 Å². The zero-order chi connectivity index (χ0) is 13.5. The maximum Gasteiger partial charge on any atom is 0.161 e. The Morgan fingerprint density at radius 3 is 2.67 bits per heavy atom. The summed E-state index contributed by atoms with van der Waals surface area (Å²) < 4.78 is 7.52. The molecule has 0 radical (unpaired) electrons. The van der Waals surface area contributed by atoms with E-state index < -0.39 is 0 Å². The van der Waals surface area contributed by atoms with E-state index in [0.29, 0.717) is 12.0 Å². The summed E-state index contributed by atoms with van der Waals surface area (Å²) in [6, 6.07) is 0.309. The molecular formula is C14H27N3O. The van der Waals surface area contributed by atoms with E-state index in [4.69, 9.17) is 4.74 Å². The highest BCUT2D eigenvalue weighted by Gasteiger charge is 2.21. The average molecular weight is 253 g/mol. The van der Waals surface area contributed by atoms with Crippen molar-refractivity contribution in [2.75, 3.05) is 14.2 Å². The van der Waals surface area contributed by atoms with Gasteiger partial charge in [-0.3, -0.25) is 4.68 Å². The second-order valence-corrected chi connectivity index (χ2v) is 4.91. The summed E-state index contributed by atoms with van der Waals surface area (Å²) in [5, 5.41) is 7.83. The van der Waals surface area contributed by atoms with E-state index in [1.54, 1.807) is 7.11 Å². The van der Waals surface area contributed by atoms with Crippen LogP contribution in [-0.2, 0) is 6.54 Å². The highest BCUT2D eigenvalue weighted by Crippen LogP contribution is 2.30. The summed E-state index contributed by atoms with van der Waals surface area (Å²) in [5.41, 5.74) is 1.18. The first-order valence-corrected chi connectivity index (χ1v) is 6.94. The van der Waals surface area contributed by atoms with Crippen molar-refractivity contribution in [1.29, 1.82) is 0 Å². The molecule has 0 saturated carbocycles. The van der Waals surface area contributed by atoms with Crippen molar-refractivity contribution >= 4 is 0 Å². The minimum Gasteiger partial charge on any atom is -0.493 e. The van der Waals surface area contributed by atoms with Gasteiger partial charge in [0, 0.05) is 6.54 Å². The SMILES string of the molecule is CCCn1ncc(OC)c1C(CC(C)CC)NC. The van der Waals surface area contributed by atoms with Crippen LogP contribution in [0.1, 0.15) is 51.8 Å². The molecule has 0 bridgehead atoms.